The van der Waals surface area contributed by atoms with Crippen LogP contribution in [0.4, 0.5) is 5.69 Å². The number of hydrogen-bond acceptors (Lipinski definition) is 4. The minimum absolute atomic E-state index is 0.0217. The molecule has 6 heteroatoms. The molecule has 0 spiro atoms. The van der Waals surface area contributed by atoms with Crippen LogP contribution in [0, 0.1) is 10.1 Å². The summed E-state index contributed by atoms with van der Waals surface area (Å²) in [6.45, 7) is 0. The first-order valence-corrected chi connectivity index (χ1v) is 7.24. The van der Waals surface area contributed by atoms with Crippen LogP contribution >= 0.6 is 0 Å². The zero-order valence-electron chi connectivity index (χ0n) is 13.0. The second kappa shape index (κ2) is 7.62. The molecular formula is C17H19N2O4+. The summed E-state index contributed by atoms with van der Waals surface area (Å²) in [5, 5.41) is 12.7. The van der Waals surface area contributed by atoms with Gasteiger partial charge in [-0.25, -0.2) is 0 Å². The Bertz CT molecular complexity index is 688. The van der Waals surface area contributed by atoms with Crippen molar-refractivity contribution >= 4 is 11.5 Å². The molecule has 0 aromatic heterocycles. The minimum Gasteiger partial charge on any atom is -0.370 e. The number of methoxy groups -OCH3 is 1. The van der Waals surface area contributed by atoms with E-state index < -0.39 is 17.1 Å². The smallest absolute Gasteiger partial charge is 0.269 e. The fraction of sp³-hybridized carbons (Fsp3) is 0.235. The maximum absolute atomic E-state index is 12.7. The highest BCUT2D eigenvalue weighted by Crippen LogP contribution is 2.24. The molecule has 0 aliphatic heterocycles. The SMILES string of the molecule is C[NH2+][C@@H](C(=O)c1ccccc1)[C@H](OC)c1cccc([N+](=O)[O-])c1. The zero-order chi connectivity index (χ0) is 16.8. The van der Waals surface area contributed by atoms with Crippen molar-refractivity contribution in [1.82, 2.24) is 0 Å². The molecule has 0 amide bonds. The van der Waals surface area contributed by atoms with Gasteiger partial charge in [-0.15, -0.1) is 0 Å². The number of nitro groups is 1. The largest absolute Gasteiger partial charge is 0.370 e. The Labute approximate surface area is 134 Å². The van der Waals surface area contributed by atoms with Crippen LogP contribution in [-0.4, -0.2) is 30.9 Å². The molecule has 0 fully saturated rings. The zero-order valence-corrected chi connectivity index (χ0v) is 13.0. The van der Waals surface area contributed by atoms with Crippen LogP contribution < -0.4 is 5.32 Å². The van der Waals surface area contributed by atoms with Crippen LogP contribution in [0.25, 0.3) is 0 Å². The van der Waals surface area contributed by atoms with Crippen molar-refractivity contribution in [1.29, 1.82) is 0 Å². The standard InChI is InChI=1S/C17H18N2O4/c1-18-15(16(20)12-7-4-3-5-8-12)17(23-2)13-9-6-10-14(11-13)19(21)22/h3-11,15,17-18H,1-2H3/p+1/t15-,17+/m0/s1. The first-order chi connectivity index (χ1) is 11.1. The van der Waals surface area contributed by atoms with Crippen molar-refractivity contribution < 1.29 is 19.8 Å². The number of nitrogens with zero attached hydrogens (tertiary/aromatic N) is 1. The molecule has 0 bridgehead atoms. The summed E-state index contributed by atoms with van der Waals surface area (Å²) >= 11 is 0. The van der Waals surface area contributed by atoms with E-state index in [1.54, 1.807) is 48.8 Å². The van der Waals surface area contributed by atoms with Crippen LogP contribution in [0.5, 0.6) is 0 Å². The summed E-state index contributed by atoms with van der Waals surface area (Å²) in [7, 11) is 3.28. The number of hydrogen-bond donors (Lipinski definition) is 1. The Hall–Kier alpha value is -2.57. The fourth-order valence-electron chi connectivity index (χ4n) is 2.56. The van der Waals surface area contributed by atoms with Crippen molar-refractivity contribution in [2.24, 2.45) is 0 Å². The molecule has 0 unspecified atom stereocenters. The molecule has 2 aromatic rings. The summed E-state index contributed by atoms with van der Waals surface area (Å²) < 4.78 is 5.49. The van der Waals surface area contributed by atoms with Crippen LogP contribution in [0.2, 0.25) is 0 Å². The predicted molar refractivity (Wildman–Crippen MR) is 85.3 cm³/mol. The summed E-state index contributed by atoms with van der Waals surface area (Å²) in [6.07, 6.45) is -0.576. The minimum atomic E-state index is -0.576. The quantitative estimate of drug-likeness (QED) is 0.479. The van der Waals surface area contributed by atoms with Gasteiger partial charge >= 0.3 is 0 Å². The van der Waals surface area contributed by atoms with Gasteiger partial charge in [-0.3, -0.25) is 14.9 Å². The normalized spacial score (nSPS) is 13.3. The third-order valence-corrected chi connectivity index (χ3v) is 3.71. The van der Waals surface area contributed by atoms with Gasteiger partial charge < -0.3 is 10.1 Å². The van der Waals surface area contributed by atoms with Gasteiger partial charge in [0.2, 0.25) is 5.78 Å². The lowest BCUT2D eigenvalue weighted by atomic mass is 9.94. The molecule has 2 atom stereocenters. The molecule has 2 aromatic carbocycles. The molecule has 0 saturated heterocycles. The highest BCUT2D eigenvalue weighted by Gasteiger charge is 2.33. The van der Waals surface area contributed by atoms with E-state index in [1.165, 1.54) is 19.2 Å². The molecule has 0 heterocycles. The number of ketones is 1. The van der Waals surface area contributed by atoms with Gasteiger partial charge in [0.15, 0.2) is 6.04 Å². The summed E-state index contributed by atoms with van der Waals surface area (Å²) in [4.78, 5) is 23.2. The van der Waals surface area contributed by atoms with Gasteiger partial charge in [-0.2, -0.15) is 0 Å². The van der Waals surface area contributed by atoms with Crippen LogP contribution in [0.1, 0.15) is 22.0 Å². The van der Waals surface area contributed by atoms with E-state index in [9.17, 15) is 14.9 Å². The van der Waals surface area contributed by atoms with E-state index in [-0.39, 0.29) is 11.5 Å². The predicted octanol–water partition coefficient (Wildman–Crippen LogP) is 1.73. The Morgan fingerprint density at radius 1 is 1.17 bits per heavy atom. The van der Waals surface area contributed by atoms with Gasteiger partial charge in [0.25, 0.3) is 5.69 Å². The number of non-ortho nitro benzene ring substituents is 1. The van der Waals surface area contributed by atoms with Gasteiger partial charge in [0.05, 0.1) is 12.0 Å². The second-order valence-corrected chi connectivity index (χ2v) is 5.10. The summed E-state index contributed by atoms with van der Waals surface area (Å²) in [6, 6.07) is 14.6. The lowest BCUT2D eigenvalue weighted by Gasteiger charge is -2.22. The third-order valence-electron chi connectivity index (χ3n) is 3.71. The topological polar surface area (TPSA) is 86.0 Å². The number of Topliss-reactive ketones (excluding diaryl/α,β-unsaturated/α-hetero) is 1. The second-order valence-electron chi connectivity index (χ2n) is 5.10. The van der Waals surface area contributed by atoms with E-state index in [4.69, 9.17) is 4.74 Å². The van der Waals surface area contributed by atoms with Gasteiger partial charge in [0, 0.05) is 24.8 Å². The number of nitro benzene ring substituents is 1. The monoisotopic (exact) mass is 315 g/mol. The number of carbonyl (C=O) groups is 1. The van der Waals surface area contributed by atoms with Gasteiger partial charge in [-0.1, -0.05) is 42.5 Å². The average molecular weight is 315 g/mol. The van der Waals surface area contributed by atoms with Crippen molar-refractivity contribution in [2.45, 2.75) is 12.1 Å². The van der Waals surface area contributed by atoms with Crippen molar-refractivity contribution in [3.8, 4) is 0 Å². The lowest BCUT2D eigenvalue weighted by Crippen LogP contribution is -2.89. The van der Waals surface area contributed by atoms with E-state index in [0.29, 0.717) is 11.1 Å². The molecular weight excluding hydrogens is 296 g/mol. The molecule has 6 nitrogen and oxygen atoms in total. The lowest BCUT2D eigenvalue weighted by molar-refractivity contribution is -0.657. The maximum Gasteiger partial charge on any atom is 0.269 e. The third kappa shape index (κ3) is 3.80. The molecule has 120 valence electrons. The van der Waals surface area contributed by atoms with Crippen LogP contribution in [-0.2, 0) is 4.74 Å². The fourth-order valence-corrected chi connectivity index (χ4v) is 2.56. The Balaban J connectivity index is 2.35. The van der Waals surface area contributed by atoms with Crippen molar-refractivity contribution in [3.05, 3.63) is 75.8 Å². The van der Waals surface area contributed by atoms with Crippen molar-refractivity contribution in [3.63, 3.8) is 0 Å². The van der Waals surface area contributed by atoms with E-state index in [2.05, 4.69) is 0 Å². The Morgan fingerprint density at radius 2 is 1.87 bits per heavy atom. The highest BCUT2D eigenvalue weighted by atomic mass is 16.6. The highest BCUT2D eigenvalue weighted by molar-refractivity contribution is 5.99. The number of likely N-dealkylation sites (N-methyl/N-ethyl adjacent to an activating group) is 1. The number of nitrogens with two attached hydrogens (primary N) is 1. The Kier molecular flexibility index (Phi) is 5.56. The molecule has 0 aliphatic rings. The Morgan fingerprint density at radius 3 is 2.43 bits per heavy atom. The molecule has 23 heavy (non-hydrogen) atoms. The number of rotatable bonds is 7. The first kappa shape index (κ1) is 16.8. The molecule has 0 radical (unpaired) electrons. The molecule has 0 aliphatic carbocycles. The molecule has 2 rings (SSSR count). The molecule has 0 saturated carbocycles. The maximum atomic E-state index is 12.7. The first-order valence-electron chi connectivity index (χ1n) is 7.24. The number of quaternary nitrogens is 1. The van der Waals surface area contributed by atoms with Crippen molar-refractivity contribution in [2.75, 3.05) is 14.2 Å². The molecule has 2 N–H and O–H groups in total. The van der Waals surface area contributed by atoms with Gasteiger partial charge in [0.1, 0.15) is 6.10 Å². The van der Waals surface area contributed by atoms with Crippen LogP contribution in [0.15, 0.2) is 54.6 Å². The van der Waals surface area contributed by atoms with E-state index in [1.807, 2.05) is 6.07 Å². The number of ether oxygens (including phenoxy) is 1. The average Bonchev–Trinajstić information content (AvgIpc) is 2.59. The summed E-state index contributed by atoms with van der Waals surface area (Å²) in [5.41, 5.74) is 1.17. The summed E-state index contributed by atoms with van der Waals surface area (Å²) in [5.74, 6) is -0.0774. The number of benzene rings is 2. The van der Waals surface area contributed by atoms with Gasteiger partial charge in [-0.05, 0) is 5.56 Å². The van der Waals surface area contributed by atoms with E-state index in [0.717, 1.165) is 0 Å². The van der Waals surface area contributed by atoms with E-state index >= 15 is 0 Å². The number of carbonyl (C=O) groups excluding carboxylic acids is 1. The van der Waals surface area contributed by atoms with Crippen LogP contribution in [0.3, 0.4) is 0 Å².